The van der Waals surface area contributed by atoms with E-state index in [2.05, 4.69) is 5.32 Å². The minimum Gasteiger partial charge on any atom is -0.341 e. The maximum absolute atomic E-state index is 12.2. The number of benzene rings is 1. The van der Waals surface area contributed by atoms with Crippen LogP contribution in [0.1, 0.15) is 18.4 Å². The number of nitrogens with two attached hydrogens (primary N) is 1. The Hall–Kier alpha value is -1.24. The molecule has 2 amide bonds. The van der Waals surface area contributed by atoms with Crippen molar-refractivity contribution < 1.29 is 9.59 Å². The topological polar surface area (TPSA) is 75.4 Å². The van der Waals surface area contributed by atoms with Crippen molar-refractivity contribution in [2.45, 2.75) is 24.8 Å². The number of thioether (sulfide) groups is 1. The van der Waals surface area contributed by atoms with E-state index in [0.29, 0.717) is 6.42 Å². The molecule has 1 saturated heterocycles. The zero-order chi connectivity index (χ0) is 15.6. The molecule has 0 aromatic heterocycles. The van der Waals surface area contributed by atoms with Crippen LogP contribution in [0.3, 0.4) is 0 Å². The summed E-state index contributed by atoms with van der Waals surface area (Å²) in [4.78, 5) is 26.0. The number of hydrogen-bond donors (Lipinski definition) is 2. The normalized spacial score (nSPS) is 18.7. The Labute approximate surface area is 146 Å². The lowest BCUT2D eigenvalue weighted by molar-refractivity contribution is -0.130. The van der Waals surface area contributed by atoms with Gasteiger partial charge in [0.25, 0.3) is 0 Å². The standard InChI is InChI=1S/C16H21N3O2S.ClH/c17-16(5-6-16)15(21)18-13-3-1-12(2-4-13)11-14(20)19-7-9-22-10-8-19;/h1-4H,5-11,17H2,(H,18,21);1H. The van der Waals surface area contributed by atoms with E-state index in [0.717, 1.165) is 48.7 Å². The molecule has 1 aliphatic heterocycles. The molecule has 5 nitrogen and oxygen atoms in total. The maximum atomic E-state index is 12.2. The Morgan fingerprint density at radius 2 is 1.78 bits per heavy atom. The number of halogens is 1. The first-order chi connectivity index (χ1) is 10.6. The molecule has 2 aliphatic rings. The monoisotopic (exact) mass is 355 g/mol. The molecule has 1 aliphatic carbocycles. The number of carbonyl (C=O) groups is 2. The molecule has 126 valence electrons. The van der Waals surface area contributed by atoms with Crippen molar-refractivity contribution in [3.63, 3.8) is 0 Å². The van der Waals surface area contributed by atoms with E-state index >= 15 is 0 Å². The molecule has 1 heterocycles. The van der Waals surface area contributed by atoms with Crippen LogP contribution in [0.25, 0.3) is 0 Å². The summed E-state index contributed by atoms with van der Waals surface area (Å²) in [5, 5.41) is 2.83. The molecular weight excluding hydrogens is 334 g/mol. The molecule has 0 spiro atoms. The number of nitrogens with one attached hydrogen (secondary N) is 1. The molecule has 3 N–H and O–H groups in total. The van der Waals surface area contributed by atoms with Crippen LogP contribution in [0, 0.1) is 0 Å². The van der Waals surface area contributed by atoms with Crippen LogP contribution >= 0.6 is 24.2 Å². The Morgan fingerprint density at radius 3 is 2.35 bits per heavy atom. The van der Waals surface area contributed by atoms with Gasteiger partial charge in [0.2, 0.25) is 11.8 Å². The van der Waals surface area contributed by atoms with Crippen LogP contribution in [0.15, 0.2) is 24.3 Å². The Balaban J connectivity index is 0.00000192. The summed E-state index contributed by atoms with van der Waals surface area (Å²) in [6.07, 6.45) is 1.92. The molecule has 23 heavy (non-hydrogen) atoms. The SMILES string of the molecule is Cl.NC1(C(=O)Nc2ccc(CC(=O)N3CCSCC3)cc2)CC1. The summed E-state index contributed by atoms with van der Waals surface area (Å²) < 4.78 is 0. The second-order valence-electron chi connectivity index (χ2n) is 5.98. The molecule has 7 heteroatoms. The van der Waals surface area contributed by atoms with Gasteiger partial charge in [-0.05, 0) is 30.5 Å². The highest BCUT2D eigenvalue weighted by Gasteiger charge is 2.45. The molecule has 2 fully saturated rings. The van der Waals surface area contributed by atoms with Gasteiger partial charge in [-0.15, -0.1) is 12.4 Å². The lowest BCUT2D eigenvalue weighted by atomic mass is 10.1. The number of amides is 2. The minimum absolute atomic E-state index is 0. The van der Waals surface area contributed by atoms with E-state index < -0.39 is 5.54 Å². The van der Waals surface area contributed by atoms with Gasteiger partial charge in [0, 0.05) is 30.3 Å². The van der Waals surface area contributed by atoms with Crippen molar-refractivity contribution in [2.24, 2.45) is 5.73 Å². The van der Waals surface area contributed by atoms with Gasteiger partial charge in [-0.3, -0.25) is 9.59 Å². The number of carbonyl (C=O) groups excluding carboxylic acids is 2. The molecular formula is C16H22ClN3O2S. The molecule has 1 aromatic rings. The van der Waals surface area contributed by atoms with E-state index in [-0.39, 0.29) is 24.2 Å². The van der Waals surface area contributed by atoms with Crippen molar-refractivity contribution >= 4 is 41.7 Å². The second kappa shape index (κ2) is 7.55. The van der Waals surface area contributed by atoms with Crippen molar-refractivity contribution in [2.75, 3.05) is 29.9 Å². The molecule has 0 atom stereocenters. The quantitative estimate of drug-likeness (QED) is 0.861. The molecule has 1 aromatic carbocycles. The summed E-state index contributed by atoms with van der Waals surface area (Å²) in [7, 11) is 0. The Morgan fingerprint density at radius 1 is 1.17 bits per heavy atom. The minimum atomic E-state index is -0.666. The molecule has 0 bridgehead atoms. The van der Waals surface area contributed by atoms with Crippen LogP contribution in [-0.4, -0.2) is 46.8 Å². The third kappa shape index (κ3) is 4.62. The Kier molecular flexibility index (Phi) is 5.95. The highest BCUT2D eigenvalue weighted by atomic mass is 35.5. The maximum Gasteiger partial charge on any atom is 0.244 e. The first-order valence-electron chi connectivity index (χ1n) is 7.62. The molecule has 1 saturated carbocycles. The largest absolute Gasteiger partial charge is 0.341 e. The highest BCUT2D eigenvalue weighted by molar-refractivity contribution is 7.99. The average molecular weight is 356 g/mol. The van der Waals surface area contributed by atoms with Crippen LogP contribution in [0.4, 0.5) is 5.69 Å². The third-order valence-electron chi connectivity index (χ3n) is 4.17. The second-order valence-corrected chi connectivity index (χ2v) is 7.20. The summed E-state index contributed by atoms with van der Waals surface area (Å²) in [6.45, 7) is 1.69. The number of rotatable bonds is 4. The summed E-state index contributed by atoms with van der Waals surface area (Å²) in [6, 6.07) is 7.45. The highest BCUT2D eigenvalue weighted by Crippen LogP contribution is 2.33. The predicted octanol–water partition coefficient (Wildman–Crippen LogP) is 1.66. The van der Waals surface area contributed by atoms with Gasteiger partial charge in [-0.2, -0.15) is 11.8 Å². The van der Waals surface area contributed by atoms with Crippen LogP contribution in [0.2, 0.25) is 0 Å². The van der Waals surface area contributed by atoms with Gasteiger partial charge in [0.05, 0.1) is 12.0 Å². The van der Waals surface area contributed by atoms with Crippen LogP contribution in [0.5, 0.6) is 0 Å². The number of hydrogen-bond acceptors (Lipinski definition) is 4. The van der Waals surface area contributed by atoms with Gasteiger partial charge >= 0.3 is 0 Å². The van der Waals surface area contributed by atoms with Gasteiger partial charge in [-0.1, -0.05) is 12.1 Å². The molecule has 0 radical (unpaired) electrons. The fourth-order valence-electron chi connectivity index (χ4n) is 2.42. The lowest BCUT2D eigenvalue weighted by Gasteiger charge is -2.26. The van der Waals surface area contributed by atoms with Gasteiger partial charge < -0.3 is 16.0 Å². The van der Waals surface area contributed by atoms with E-state index in [4.69, 9.17) is 5.73 Å². The fourth-order valence-corrected chi connectivity index (χ4v) is 3.33. The van der Waals surface area contributed by atoms with Gasteiger partial charge in [-0.25, -0.2) is 0 Å². The van der Waals surface area contributed by atoms with E-state index in [9.17, 15) is 9.59 Å². The summed E-state index contributed by atoms with van der Waals surface area (Å²) in [5.41, 5.74) is 6.88. The summed E-state index contributed by atoms with van der Waals surface area (Å²) >= 11 is 1.89. The van der Waals surface area contributed by atoms with E-state index in [1.54, 1.807) is 0 Å². The average Bonchev–Trinajstić information content (AvgIpc) is 3.29. The van der Waals surface area contributed by atoms with Crippen molar-refractivity contribution in [3.05, 3.63) is 29.8 Å². The molecule has 3 rings (SSSR count). The fraction of sp³-hybridized carbons (Fsp3) is 0.500. The van der Waals surface area contributed by atoms with E-state index in [1.807, 2.05) is 40.9 Å². The Bertz CT molecular complexity index is 569. The van der Waals surface area contributed by atoms with E-state index in [1.165, 1.54) is 0 Å². The summed E-state index contributed by atoms with van der Waals surface area (Å²) in [5.74, 6) is 2.10. The zero-order valence-corrected chi connectivity index (χ0v) is 14.5. The van der Waals surface area contributed by atoms with Crippen molar-refractivity contribution in [1.82, 2.24) is 4.90 Å². The smallest absolute Gasteiger partial charge is 0.244 e. The first kappa shape index (κ1) is 18.1. The first-order valence-corrected chi connectivity index (χ1v) is 8.77. The molecule has 0 unspecified atom stereocenters. The van der Waals surface area contributed by atoms with Gasteiger partial charge in [0.1, 0.15) is 0 Å². The zero-order valence-electron chi connectivity index (χ0n) is 12.9. The third-order valence-corrected chi connectivity index (χ3v) is 5.11. The lowest BCUT2D eigenvalue weighted by Crippen LogP contribution is -2.38. The number of nitrogens with zero attached hydrogens (tertiary/aromatic N) is 1. The van der Waals surface area contributed by atoms with Crippen molar-refractivity contribution in [1.29, 1.82) is 0 Å². The number of anilines is 1. The predicted molar refractivity (Wildman–Crippen MR) is 96.1 cm³/mol. The van der Waals surface area contributed by atoms with Crippen LogP contribution in [-0.2, 0) is 16.0 Å². The van der Waals surface area contributed by atoms with Gasteiger partial charge in [0.15, 0.2) is 0 Å². The van der Waals surface area contributed by atoms with Crippen molar-refractivity contribution in [3.8, 4) is 0 Å². The van der Waals surface area contributed by atoms with Crippen LogP contribution < -0.4 is 11.1 Å².